The van der Waals surface area contributed by atoms with E-state index in [1.165, 1.54) is 0 Å². The van der Waals surface area contributed by atoms with Crippen LogP contribution in [0.5, 0.6) is 0 Å². The number of amides is 3. The molecule has 2 N–H and O–H groups in total. The highest BCUT2D eigenvalue weighted by Crippen LogP contribution is 2.20. The van der Waals surface area contributed by atoms with Gasteiger partial charge in [0.05, 0.1) is 5.69 Å². The Labute approximate surface area is 137 Å². The molecule has 0 bridgehead atoms. The highest BCUT2D eigenvalue weighted by Gasteiger charge is 2.19. The van der Waals surface area contributed by atoms with E-state index in [1.807, 2.05) is 6.07 Å². The third kappa shape index (κ3) is 4.56. The molecule has 0 aromatic heterocycles. The van der Waals surface area contributed by atoms with Crippen molar-refractivity contribution in [3.8, 4) is 0 Å². The van der Waals surface area contributed by atoms with Crippen LogP contribution in [0, 0.1) is 0 Å². The predicted octanol–water partition coefficient (Wildman–Crippen LogP) is 1.52. The van der Waals surface area contributed by atoms with E-state index in [2.05, 4.69) is 26.6 Å². The van der Waals surface area contributed by atoms with Gasteiger partial charge in [-0.1, -0.05) is 12.1 Å². The van der Waals surface area contributed by atoms with Crippen molar-refractivity contribution < 1.29 is 14.4 Å². The fourth-order valence-corrected chi connectivity index (χ4v) is 2.62. The zero-order chi connectivity index (χ0) is 15.9. The van der Waals surface area contributed by atoms with E-state index in [0.717, 1.165) is 13.0 Å². The van der Waals surface area contributed by atoms with Crippen molar-refractivity contribution >= 4 is 39.3 Å². The second-order valence-electron chi connectivity index (χ2n) is 5.03. The van der Waals surface area contributed by atoms with Crippen LogP contribution < -0.4 is 10.6 Å². The second-order valence-corrected chi connectivity index (χ2v) is 5.88. The third-order valence-electron chi connectivity index (χ3n) is 3.39. The number of anilines is 1. The number of halogens is 1. The quantitative estimate of drug-likeness (QED) is 0.611. The first kappa shape index (κ1) is 16.5. The molecule has 0 radical (unpaired) electrons. The van der Waals surface area contributed by atoms with Gasteiger partial charge in [0, 0.05) is 30.5 Å². The Morgan fingerprint density at radius 3 is 2.68 bits per heavy atom. The summed E-state index contributed by atoms with van der Waals surface area (Å²) in [5, 5.41) is 5.09. The zero-order valence-corrected chi connectivity index (χ0v) is 13.7. The number of carbonyl (C=O) groups is 3. The number of nitrogens with one attached hydrogen (secondary N) is 2. The highest BCUT2D eigenvalue weighted by molar-refractivity contribution is 9.10. The normalized spacial score (nSPS) is 14.0. The topological polar surface area (TPSA) is 78.5 Å². The van der Waals surface area contributed by atoms with Crippen LogP contribution in [0.15, 0.2) is 28.7 Å². The molecule has 22 heavy (non-hydrogen) atoms. The van der Waals surface area contributed by atoms with Gasteiger partial charge in [0.2, 0.25) is 5.91 Å². The van der Waals surface area contributed by atoms with E-state index in [0.29, 0.717) is 36.1 Å². The molecule has 6 nitrogen and oxygen atoms in total. The maximum Gasteiger partial charge on any atom is 0.313 e. The lowest BCUT2D eigenvalue weighted by Gasteiger charge is -2.15. The number of rotatable bonds is 5. The van der Waals surface area contributed by atoms with Crippen LogP contribution >= 0.6 is 15.9 Å². The fraction of sp³-hybridized carbons (Fsp3) is 0.400. The summed E-state index contributed by atoms with van der Waals surface area (Å²) in [6.45, 7) is 1.77. The summed E-state index contributed by atoms with van der Waals surface area (Å²) >= 11 is 3.30. The molecule has 118 valence electrons. The number of nitrogens with zero attached hydrogens (tertiary/aromatic N) is 1. The van der Waals surface area contributed by atoms with E-state index in [9.17, 15) is 14.4 Å². The maximum absolute atomic E-state index is 11.8. The lowest BCUT2D eigenvalue weighted by molar-refractivity contribution is -0.136. The number of hydrogen-bond acceptors (Lipinski definition) is 3. The number of benzene rings is 1. The van der Waals surface area contributed by atoms with Crippen LogP contribution in [-0.4, -0.2) is 42.3 Å². The molecule has 0 saturated carbocycles. The average Bonchev–Trinajstić information content (AvgIpc) is 2.91. The SMILES string of the molecule is O=C(NCCCN1CCCC1=O)C(=O)Nc1ccccc1Br. The minimum absolute atomic E-state index is 0.165. The summed E-state index contributed by atoms with van der Waals surface area (Å²) in [4.78, 5) is 36.7. The molecule has 0 spiro atoms. The van der Waals surface area contributed by atoms with E-state index in [4.69, 9.17) is 0 Å². The van der Waals surface area contributed by atoms with Crippen molar-refractivity contribution in [2.24, 2.45) is 0 Å². The number of para-hydroxylation sites is 1. The van der Waals surface area contributed by atoms with Gasteiger partial charge in [0.25, 0.3) is 0 Å². The van der Waals surface area contributed by atoms with Crippen LogP contribution in [0.1, 0.15) is 19.3 Å². The molecule has 1 aliphatic rings. The van der Waals surface area contributed by atoms with Gasteiger partial charge >= 0.3 is 11.8 Å². The summed E-state index contributed by atoms with van der Waals surface area (Å²) < 4.78 is 0.712. The zero-order valence-electron chi connectivity index (χ0n) is 12.1. The molecule has 1 aromatic carbocycles. The van der Waals surface area contributed by atoms with E-state index >= 15 is 0 Å². The van der Waals surface area contributed by atoms with Gasteiger partial charge in [-0.05, 0) is 40.9 Å². The van der Waals surface area contributed by atoms with Crippen LogP contribution in [-0.2, 0) is 14.4 Å². The molecular formula is C15H18BrN3O3. The van der Waals surface area contributed by atoms with Gasteiger partial charge in [-0.15, -0.1) is 0 Å². The third-order valence-corrected chi connectivity index (χ3v) is 4.08. The van der Waals surface area contributed by atoms with Gasteiger partial charge in [-0.25, -0.2) is 0 Å². The molecule has 7 heteroatoms. The van der Waals surface area contributed by atoms with Crippen LogP contribution in [0.2, 0.25) is 0 Å². The minimum atomic E-state index is -0.704. The number of likely N-dealkylation sites (tertiary alicyclic amines) is 1. The monoisotopic (exact) mass is 367 g/mol. The molecule has 0 aliphatic carbocycles. The smallest absolute Gasteiger partial charge is 0.313 e. The van der Waals surface area contributed by atoms with Gasteiger partial charge in [-0.2, -0.15) is 0 Å². The number of carbonyl (C=O) groups excluding carboxylic acids is 3. The summed E-state index contributed by atoms with van der Waals surface area (Å²) in [5.74, 6) is -1.22. The summed E-state index contributed by atoms with van der Waals surface area (Å²) in [6.07, 6.45) is 2.15. The molecule has 0 atom stereocenters. The highest BCUT2D eigenvalue weighted by atomic mass is 79.9. The van der Waals surface area contributed by atoms with E-state index in [1.54, 1.807) is 23.1 Å². The van der Waals surface area contributed by atoms with Crippen molar-refractivity contribution in [3.63, 3.8) is 0 Å². The Morgan fingerprint density at radius 1 is 1.23 bits per heavy atom. The van der Waals surface area contributed by atoms with E-state index < -0.39 is 11.8 Å². The van der Waals surface area contributed by atoms with Crippen molar-refractivity contribution in [1.29, 1.82) is 0 Å². The van der Waals surface area contributed by atoms with Crippen LogP contribution in [0.3, 0.4) is 0 Å². The maximum atomic E-state index is 11.8. The molecule has 3 amide bonds. The lowest BCUT2D eigenvalue weighted by Crippen LogP contribution is -2.37. The Kier molecular flexibility index (Phi) is 5.94. The van der Waals surface area contributed by atoms with Gasteiger partial charge in [0.15, 0.2) is 0 Å². The molecular weight excluding hydrogens is 350 g/mol. The molecule has 1 fully saturated rings. The van der Waals surface area contributed by atoms with Crippen molar-refractivity contribution in [3.05, 3.63) is 28.7 Å². The van der Waals surface area contributed by atoms with Crippen molar-refractivity contribution in [2.45, 2.75) is 19.3 Å². The first-order valence-corrected chi connectivity index (χ1v) is 7.98. The van der Waals surface area contributed by atoms with Gasteiger partial charge in [0.1, 0.15) is 0 Å². The first-order chi connectivity index (χ1) is 10.6. The second kappa shape index (κ2) is 7.93. The Balaban J connectivity index is 1.69. The summed E-state index contributed by atoms with van der Waals surface area (Å²) in [7, 11) is 0. The molecule has 2 rings (SSSR count). The predicted molar refractivity (Wildman–Crippen MR) is 86.2 cm³/mol. The Bertz CT molecular complexity index is 577. The molecule has 1 aliphatic heterocycles. The van der Waals surface area contributed by atoms with Crippen LogP contribution in [0.25, 0.3) is 0 Å². The van der Waals surface area contributed by atoms with Crippen molar-refractivity contribution in [1.82, 2.24) is 10.2 Å². The molecule has 0 unspecified atom stereocenters. The molecule has 1 aromatic rings. The summed E-state index contributed by atoms with van der Waals surface area (Å²) in [5.41, 5.74) is 0.547. The van der Waals surface area contributed by atoms with Gasteiger partial charge < -0.3 is 15.5 Å². The van der Waals surface area contributed by atoms with Crippen LogP contribution in [0.4, 0.5) is 5.69 Å². The Hall–Kier alpha value is -1.89. The minimum Gasteiger partial charge on any atom is -0.348 e. The summed E-state index contributed by atoms with van der Waals surface area (Å²) in [6, 6.07) is 7.07. The first-order valence-electron chi connectivity index (χ1n) is 7.19. The average molecular weight is 368 g/mol. The molecule has 1 heterocycles. The number of hydrogen-bond donors (Lipinski definition) is 2. The van der Waals surface area contributed by atoms with Gasteiger partial charge in [-0.3, -0.25) is 14.4 Å². The Morgan fingerprint density at radius 2 is 2.00 bits per heavy atom. The lowest BCUT2D eigenvalue weighted by atomic mass is 10.3. The fourth-order valence-electron chi connectivity index (χ4n) is 2.23. The molecule has 1 saturated heterocycles. The van der Waals surface area contributed by atoms with E-state index in [-0.39, 0.29) is 5.91 Å². The largest absolute Gasteiger partial charge is 0.348 e. The van der Waals surface area contributed by atoms with Crippen molar-refractivity contribution in [2.75, 3.05) is 25.0 Å². The standard InChI is InChI=1S/C15H18BrN3O3/c16-11-5-1-2-6-12(11)18-15(22)14(21)17-8-4-10-19-9-3-7-13(19)20/h1-2,5-6H,3-4,7-10H2,(H,17,21)(H,18,22).